The van der Waals surface area contributed by atoms with Crippen LogP contribution in [0.3, 0.4) is 0 Å². The van der Waals surface area contributed by atoms with Gasteiger partial charge in [0.25, 0.3) is 0 Å². The van der Waals surface area contributed by atoms with E-state index >= 15 is 0 Å². The molecule has 4 atom stereocenters. The molecule has 0 spiro atoms. The quantitative estimate of drug-likeness (QED) is 0.180. The van der Waals surface area contributed by atoms with Crippen molar-refractivity contribution in [2.45, 2.75) is 37.6 Å². The van der Waals surface area contributed by atoms with Gasteiger partial charge in [0, 0.05) is 75.8 Å². The van der Waals surface area contributed by atoms with Crippen molar-refractivity contribution < 1.29 is 4.42 Å². The molecule has 0 fully saturated rings. The Kier molecular flexibility index (Phi) is 8.04. The largest absolute Gasteiger partial charge is 0.464 e. The number of dihydropyridines is 1. The Hall–Kier alpha value is -6.91. The fourth-order valence-corrected chi connectivity index (χ4v) is 10.3. The maximum Gasteiger partial charge on any atom is 0.119 e. The summed E-state index contributed by atoms with van der Waals surface area (Å²) in [5.74, 6) is 2.86. The molecule has 284 valence electrons. The molecule has 4 unspecified atom stereocenters. The number of nitrogens with one attached hydrogen (secondary N) is 1. The van der Waals surface area contributed by atoms with Crippen LogP contribution in [0, 0.1) is 11.8 Å². The smallest absolute Gasteiger partial charge is 0.119 e. The lowest BCUT2D eigenvalue weighted by atomic mass is 9.72. The van der Waals surface area contributed by atoms with Gasteiger partial charge in [0.1, 0.15) is 11.5 Å². The van der Waals surface area contributed by atoms with Crippen LogP contribution in [-0.4, -0.2) is 15.3 Å². The molecule has 1 N–H and O–H groups in total. The summed E-state index contributed by atoms with van der Waals surface area (Å²) >= 11 is 0. The first-order chi connectivity index (χ1) is 29.2. The highest BCUT2D eigenvalue weighted by molar-refractivity contribution is 6.09. The number of H-pyrrole nitrogens is 1. The van der Waals surface area contributed by atoms with Gasteiger partial charge in [0.15, 0.2) is 0 Å². The molecule has 7 aromatic rings. The number of allylic oxidation sites excluding steroid dienone is 11. The van der Waals surface area contributed by atoms with Crippen LogP contribution in [0.5, 0.6) is 0 Å². The van der Waals surface area contributed by atoms with Crippen molar-refractivity contribution in [2.24, 2.45) is 16.8 Å². The van der Waals surface area contributed by atoms with Gasteiger partial charge in [0.2, 0.25) is 0 Å². The van der Waals surface area contributed by atoms with Crippen molar-refractivity contribution in [3.8, 4) is 5.69 Å². The van der Waals surface area contributed by atoms with Gasteiger partial charge in [-0.3, -0.25) is 4.99 Å². The first kappa shape index (κ1) is 34.2. The van der Waals surface area contributed by atoms with Gasteiger partial charge >= 0.3 is 0 Å². The van der Waals surface area contributed by atoms with Gasteiger partial charge in [-0.1, -0.05) is 127 Å². The van der Waals surface area contributed by atoms with E-state index in [1.54, 1.807) is 0 Å². The van der Waals surface area contributed by atoms with Gasteiger partial charge < -0.3 is 14.0 Å². The fourth-order valence-electron chi connectivity index (χ4n) is 10.3. The molecule has 1 aliphatic heterocycles. The number of aromatic amines is 1. The summed E-state index contributed by atoms with van der Waals surface area (Å²) in [6.45, 7) is 0. The molecule has 4 aromatic carbocycles. The zero-order valence-corrected chi connectivity index (χ0v) is 32.8. The van der Waals surface area contributed by atoms with Crippen molar-refractivity contribution in [3.05, 3.63) is 221 Å². The van der Waals surface area contributed by atoms with Crippen LogP contribution in [0.4, 0.5) is 0 Å². The lowest BCUT2D eigenvalue weighted by Crippen LogP contribution is -2.18. The molecule has 4 heterocycles. The van der Waals surface area contributed by atoms with Crippen LogP contribution in [0.25, 0.3) is 50.3 Å². The Balaban J connectivity index is 0.902. The molecule has 0 bridgehead atoms. The number of aromatic nitrogens is 2. The molecule has 12 rings (SSSR count). The van der Waals surface area contributed by atoms with E-state index in [0.717, 1.165) is 42.9 Å². The van der Waals surface area contributed by atoms with Crippen LogP contribution in [-0.2, 0) is 6.42 Å². The van der Waals surface area contributed by atoms with E-state index in [1.807, 2.05) is 6.20 Å². The molecule has 0 radical (unpaired) electrons. The van der Waals surface area contributed by atoms with Crippen molar-refractivity contribution in [3.63, 3.8) is 0 Å². The van der Waals surface area contributed by atoms with Gasteiger partial charge in [0.05, 0.1) is 17.1 Å². The summed E-state index contributed by atoms with van der Waals surface area (Å²) in [4.78, 5) is 8.71. The highest BCUT2D eigenvalue weighted by atomic mass is 16.3. The Bertz CT molecular complexity index is 2990. The third-order valence-electron chi connectivity index (χ3n) is 13.1. The van der Waals surface area contributed by atoms with Crippen LogP contribution in [0.15, 0.2) is 186 Å². The minimum atomic E-state index is 0.0813. The number of hydrogen-bond acceptors (Lipinski definition) is 2. The number of furan rings is 1. The van der Waals surface area contributed by atoms with E-state index in [2.05, 4.69) is 186 Å². The molecule has 59 heavy (non-hydrogen) atoms. The summed E-state index contributed by atoms with van der Waals surface area (Å²) in [6.07, 6.45) is 30.9. The Morgan fingerprint density at radius 3 is 2.15 bits per heavy atom. The Labute approximate surface area is 344 Å². The zero-order valence-electron chi connectivity index (χ0n) is 32.8. The van der Waals surface area contributed by atoms with E-state index in [9.17, 15) is 0 Å². The summed E-state index contributed by atoms with van der Waals surface area (Å²) < 4.78 is 9.30. The van der Waals surface area contributed by atoms with Crippen molar-refractivity contribution in [2.75, 3.05) is 0 Å². The van der Waals surface area contributed by atoms with Gasteiger partial charge in [-0.15, -0.1) is 0 Å². The average Bonchev–Trinajstić information content (AvgIpc) is 4.07. The number of para-hydroxylation sites is 2. The number of benzene rings is 4. The fraction of sp³-hybridized carbons (Fsp3) is 0.145. The second kappa shape index (κ2) is 13.9. The molecule has 0 saturated carbocycles. The lowest BCUT2D eigenvalue weighted by Gasteiger charge is -2.30. The summed E-state index contributed by atoms with van der Waals surface area (Å²) in [5.41, 5.74) is 16.1. The van der Waals surface area contributed by atoms with E-state index in [0.29, 0.717) is 5.92 Å². The number of aryl methyl sites for hydroxylation is 1. The minimum Gasteiger partial charge on any atom is -0.464 e. The zero-order chi connectivity index (χ0) is 38.9. The molecule has 4 aliphatic carbocycles. The predicted octanol–water partition coefficient (Wildman–Crippen LogP) is 13.6. The molecule has 3 aromatic heterocycles. The molecular formula is C55H43N3O. The van der Waals surface area contributed by atoms with E-state index in [1.165, 1.54) is 77.7 Å². The van der Waals surface area contributed by atoms with Gasteiger partial charge in [-0.2, -0.15) is 0 Å². The summed E-state index contributed by atoms with van der Waals surface area (Å²) in [5, 5.41) is 2.56. The molecule has 5 aliphatic rings. The van der Waals surface area contributed by atoms with Crippen molar-refractivity contribution >= 4 is 50.3 Å². The first-order valence-corrected chi connectivity index (χ1v) is 21.1. The van der Waals surface area contributed by atoms with Crippen LogP contribution >= 0.6 is 0 Å². The van der Waals surface area contributed by atoms with Gasteiger partial charge in [-0.25, -0.2) is 0 Å². The third kappa shape index (κ3) is 5.69. The number of fused-ring (bicyclic) bond motifs is 8. The highest BCUT2D eigenvalue weighted by Gasteiger charge is 2.37. The molecule has 4 nitrogen and oxygen atoms in total. The third-order valence-corrected chi connectivity index (χ3v) is 13.1. The van der Waals surface area contributed by atoms with Crippen LogP contribution < -0.4 is 0 Å². The minimum absolute atomic E-state index is 0.0813. The average molecular weight is 762 g/mol. The molecule has 0 amide bonds. The summed E-state index contributed by atoms with van der Waals surface area (Å²) in [6, 6.07) is 40.2. The Morgan fingerprint density at radius 1 is 0.678 bits per heavy atom. The van der Waals surface area contributed by atoms with Crippen molar-refractivity contribution in [1.29, 1.82) is 0 Å². The number of rotatable bonds is 6. The lowest BCUT2D eigenvalue weighted by molar-refractivity contribution is 0.433. The second-order valence-corrected chi connectivity index (χ2v) is 16.5. The monoisotopic (exact) mass is 761 g/mol. The second-order valence-electron chi connectivity index (χ2n) is 16.5. The topological polar surface area (TPSA) is 46.2 Å². The first-order valence-electron chi connectivity index (χ1n) is 21.1. The number of nitrogens with zero attached hydrogens (tertiary/aromatic N) is 2. The van der Waals surface area contributed by atoms with Crippen LogP contribution in [0.2, 0.25) is 0 Å². The van der Waals surface area contributed by atoms with Crippen LogP contribution in [0.1, 0.15) is 76.3 Å². The molecule has 0 saturated heterocycles. The normalized spacial score (nSPS) is 21.8. The summed E-state index contributed by atoms with van der Waals surface area (Å²) in [7, 11) is 0. The van der Waals surface area contributed by atoms with Gasteiger partial charge in [-0.05, 0) is 94.8 Å². The van der Waals surface area contributed by atoms with E-state index < -0.39 is 0 Å². The maximum atomic E-state index is 6.91. The highest BCUT2D eigenvalue weighted by Crippen LogP contribution is 2.51. The van der Waals surface area contributed by atoms with E-state index in [-0.39, 0.29) is 17.9 Å². The van der Waals surface area contributed by atoms with E-state index in [4.69, 9.17) is 9.41 Å². The number of hydrogen-bond donors (Lipinski definition) is 1. The Morgan fingerprint density at radius 2 is 1.41 bits per heavy atom. The van der Waals surface area contributed by atoms with Crippen molar-refractivity contribution in [1.82, 2.24) is 9.55 Å². The SMILES string of the molecule is C1=CCC(C2=NC(c3ccc[nH]3)CC(c3ccc(C4=Cc5c(oc6c5C(c5ccc(-n7c8ccccc8c8ccccc87)cc5)=CCC6)C5C=CC=CC45)cc3)=C2)C=C1. The number of aliphatic imine (C=N–C) groups is 1. The molecular weight excluding hydrogens is 719 g/mol. The molecule has 4 heteroatoms. The predicted molar refractivity (Wildman–Crippen MR) is 244 cm³/mol. The maximum absolute atomic E-state index is 6.91. The standard InChI is InChI=1S/C55H43N3O/c1-2-12-38(13-3-1)49-32-39(33-50(57-49)48-19-11-31-56-48)35-23-25-37(26-24-35)46-34-47-54-41(18-10-22-53(54)59-55(47)45-17-5-4-14-42(45)46)36-27-29-40(30-28-36)58-51-20-8-6-15-43(51)44-16-7-9-21-52(44)58/h1-9,11-12,14-21,23-32,34,38,42,45,50,56H,10,13,22,33H2.